The van der Waals surface area contributed by atoms with E-state index in [1.165, 1.54) is 11.1 Å². The summed E-state index contributed by atoms with van der Waals surface area (Å²) < 4.78 is 5.44. The Labute approximate surface area is 146 Å². The first-order valence-electron chi connectivity index (χ1n) is 8.93. The van der Waals surface area contributed by atoms with Gasteiger partial charge in [0.05, 0.1) is 6.54 Å². The summed E-state index contributed by atoms with van der Waals surface area (Å²) >= 11 is 0. The lowest BCUT2D eigenvalue weighted by atomic mass is 9.87. The minimum Gasteiger partial charge on any atom is -0.459 e. The summed E-state index contributed by atoms with van der Waals surface area (Å²) in [6.45, 7) is 12.0. The number of piperidine rings is 1. The van der Waals surface area contributed by atoms with Gasteiger partial charge in [0.2, 0.25) is 0 Å². The van der Waals surface area contributed by atoms with E-state index in [1.807, 2.05) is 20.8 Å². The number of ether oxygens (including phenoxy) is 1. The summed E-state index contributed by atoms with van der Waals surface area (Å²) in [6, 6.07) is 8.93. The van der Waals surface area contributed by atoms with Gasteiger partial charge in [-0.1, -0.05) is 38.1 Å². The number of likely N-dealkylation sites (tertiary alicyclic amines) is 1. The fourth-order valence-corrected chi connectivity index (χ4v) is 3.31. The highest BCUT2D eigenvalue weighted by Crippen LogP contribution is 2.28. The fourth-order valence-electron chi connectivity index (χ4n) is 3.31. The number of rotatable bonds is 4. The molecule has 0 aromatic heterocycles. The maximum absolute atomic E-state index is 12.1. The number of esters is 1. The zero-order valence-electron chi connectivity index (χ0n) is 15.7. The van der Waals surface area contributed by atoms with Gasteiger partial charge in [-0.25, -0.2) is 0 Å². The third kappa shape index (κ3) is 5.60. The quantitative estimate of drug-likeness (QED) is 0.860. The maximum atomic E-state index is 12.1. The smallest absolute Gasteiger partial charge is 0.320 e. The molecule has 134 valence electrons. The molecule has 1 aliphatic rings. The van der Waals surface area contributed by atoms with Crippen molar-refractivity contribution in [3.8, 4) is 0 Å². The standard InChI is InChI=1S/C20H32N2O2/c1-14(2)15-6-8-16(9-7-15)17-10-18(21)12-22(11-17)13-19(23)24-20(3,4)5/h6-9,14,17-18H,10-13,21H2,1-5H3. The van der Waals surface area contributed by atoms with E-state index in [0.29, 0.717) is 18.4 Å². The van der Waals surface area contributed by atoms with E-state index in [0.717, 1.165) is 19.5 Å². The van der Waals surface area contributed by atoms with Crippen LogP contribution in [0.3, 0.4) is 0 Å². The van der Waals surface area contributed by atoms with Crippen LogP contribution in [0.25, 0.3) is 0 Å². The van der Waals surface area contributed by atoms with Crippen molar-refractivity contribution in [2.45, 2.75) is 64.5 Å². The van der Waals surface area contributed by atoms with Gasteiger partial charge in [-0.3, -0.25) is 9.69 Å². The van der Waals surface area contributed by atoms with Crippen molar-refractivity contribution in [1.82, 2.24) is 4.90 Å². The predicted molar refractivity (Wildman–Crippen MR) is 98.1 cm³/mol. The van der Waals surface area contributed by atoms with Crippen LogP contribution in [0.15, 0.2) is 24.3 Å². The van der Waals surface area contributed by atoms with E-state index in [-0.39, 0.29) is 12.0 Å². The van der Waals surface area contributed by atoms with Crippen molar-refractivity contribution in [1.29, 1.82) is 0 Å². The van der Waals surface area contributed by atoms with Gasteiger partial charge < -0.3 is 10.5 Å². The molecule has 4 heteroatoms. The molecular formula is C20H32N2O2. The van der Waals surface area contributed by atoms with Crippen molar-refractivity contribution >= 4 is 5.97 Å². The minimum absolute atomic E-state index is 0.0935. The van der Waals surface area contributed by atoms with E-state index in [4.69, 9.17) is 10.5 Å². The summed E-state index contributed by atoms with van der Waals surface area (Å²) in [4.78, 5) is 14.2. The molecule has 0 bridgehead atoms. The number of hydrogen-bond acceptors (Lipinski definition) is 4. The first-order valence-corrected chi connectivity index (χ1v) is 8.93. The van der Waals surface area contributed by atoms with Crippen LogP contribution in [-0.4, -0.2) is 42.1 Å². The Morgan fingerprint density at radius 2 is 1.88 bits per heavy atom. The number of carbonyl (C=O) groups excluding carboxylic acids is 1. The SMILES string of the molecule is CC(C)c1ccc(C2CC(N)CN(CC(=O)OC(C)(C)C)C2)cc1. The second-order valence-electron chi connectivity index (χ2n) is 8.29. The Morgan fingerprint density at radius 1 is 1.25 bits per heavy atom. The average molecular weight is 332 g/mol. The molecule has 0 amide bonds. The molecule has 1 heterocycles. The zero-order valence-corrected chi connectivity index (χ0v) is 15.7. The maximum Gasteiger partial charge on any atom is 0.320 e. The monoisotopic (exact) mass is 332 g/mol. The summed E-state index contributed by atoms with van der Waals surface area (Å²) in [6.07, 6.45) is 0.964. The minimum atomic E-state index is -0.443. The second-order valence-corrected chi connectivity index (χ2v) is 8.29. The lowest BCUT2D eigenvalue weighted by Crippen LogP contribution is -2.48. The lowest BCUT2D eigenvalue weighted by Gasteiger charge is -2.36. The Hall–Kier alpha value is -1.39. The Bertz CT molecular complexity index is 546. The van der Waals surface area contributed by atoms with Gasteiger partial charge in [0.15, 0.2) is 0 Å². The molecule has 1 aromatic rings. The predicted octanol–water partition coefficient (Wildman–Crippen LogP) is 3.27. The summed E-state index contributed by atoms with van der Waals surface area (Å²) in [5.41, 5.74) is 8.46. The highest BCUT2D eigenvalue weighted by atomic mass is 16.6. The number of benzene rings is 1. The molecule has 0 radical (unpaired) electrons. The number of carbonyl (C=O) groups is 1. The Kier molecular flexibility index (Phi) is 6.05. The molecule has 2 rings (SSSR count). The van der Waals surface area contributed by atoms with Crippen molar-refractivity contribution < 1.29 is 9.53 Å². The van der Waals surface area contributed by atoms with Crippen LogP contribution in [0.5, 0.6) is 0 Å². The van der Waals surface area contributed by atoms with Crippen molar-refractivity contribution in [2.24, 2.45) is 5.73 Å². The van der Waals surface area contributed by atoms with Crippen molar-refractivity contribution in [3.05, 3.63) is 35.4 Å². The van der Waals surface area contributed by atoms with Crippen molar-refractivity contribution in [2.75, 3.05) is 19.6 Å². The molecule has 24 heavy (non-hydrogen) atoms. The topological polar surface area (TPSA) is 55.6 Å². The third-order valence-corrected chi connectivity index (χ3v) is 4.41. The molecule has 0 spiro atoms. The van der Waals surface area contributed by atoms with Gasteiger partial charge in [0, 0.05) is 19.1 Å². The van der Waals surface area contributed by atoms with Crippen LogP contribution in [0, 0.1) is 0 Å². The van der Waals surface area contributed by atoms with Gasteiger partial charge in [0.1, 0.15) is 5.60 Å². The Morgan fingerprint density at radius 3 is 2.42 bits per heavy atom. The van der Waals surface area contributed by atoms with Crippen LogP contribution in [0.1, 0.15) is 64.0 Å². The van der Waals surface area contributed by atoms with E-state index in [2.05, 4.69) is 43.0 Å². The molecule has 1 fully saturated rings. The van der Waals surface area contributed by atoms with Crippen LogP contribution >= 0.6 is 0 Å². The first kappa shape index (κ1) is 18.9. The second kappa shape index (κ2) is 7.66. The van der Waals surface area contributed by atoms with Crippen molar-refractivity contribution in [3.63, 3.8) is 0 Å². The van der Waals surface area contributed by atoms with Crippen LogP contribution in [-0.2, 0) is 9.53 Å². The summed E-state index contributed by atoms with van der Waals surface area (Å²) in [7, 11) is 0. The number of nitrogens with two attached hydrogens (primary N) is 1. The van der Waals surface area contributed by atoms with E-state index < -0.39 is 5.60 Å². The highest BCUT2D eigenvalue weighted by Gasteiger charge is 2.28. The average Bonchev–Trinajstić information content (AvgIpc) is 2.44. The summed E-state index contributed by atoms with van der Waals surface area (Å²) in [5, 5.41) is 0. The molecule has 2 N–H and O–H groups in total. The lowest BCUT2D eigenvalue weighted by molar-refractivity contribution is -0.156. The Balaban J connectivity index is 2.01. The molecule has 1 aromatic carbocycles. The number of nitrogens with zero attached hydrogens (tertiary/aromatic N) is 1. The number of hydrogen-bond donors (Lipinski definition) is 1. The largest absolute Gasteiger partial charge is 0.459 e. The van der Waals surface area contributed by atoms with Gasteiger partial charge in [-0.15, -0.1) is 0 Å². The molecule has 2 unspecified atom stereocenters. The van der Waals surface area contributed by atoms with Crippen LogP contribution in [0.2, 0.25) is 0 Å². The van der Waals surface area contributed by atoms with Gasteiger partial charge >= 0.3 is 5.97 Å². The molecule has 1 aliphatic heterocycles. The van der Waals surface area contributed by atoms with Gasteiger partial charge in [-0.05, 0) is 50.2 Å². The van der Waals surface area contributed by atoms with E-state index >= 15 is 0 Å². The molecule has 2 atom stereocenters. The van der Waals surface area contributed by atoms with Gasteiger partial charge in [-0.2, -0.15) is 0 Å². The normalized spacial score (nSPS) is 22.6. The molecule has 1 saturated heterocycles. The molecule has 0 aliphatic carbocycles. The fraction of sp³-hybridized carbons (Fsp3) is 0.650. The van der Waals surface area contributed by atoms with Gasteiger partial charge in [0.25, 0.3) is 0 Å². The zero-order chi connectivity index (χ0) is 17.9. The molecular weight excluding hydrogens is 300 g/mol. The third-order valence-electron chi connectivity index (χ3n) is 4.41. The van der Waals surface area contributed by atoms with E-state index in [1.54, 1.807) is 0 Å². The first-order chi connectivity index (χ1) is 11.1. The summed E-state index contributed by atoms with van der Waals surface area (Å²) in [5.74, 6) is 0.735. The van der Waals surface area contributed by atoms with E-state index in [9.17, 15) is 4.79 Å². The van der Waals surface area contributed by atoms with Crippen LogP contribution in [0.4, 0.5) is 0 Å². The molecule has 0 saturated carbocycles. The molecule has 4 nitrogen and oxygen atoms in total. The van der Waals surface area contributed by atoms with Crippen LogP contribution < -0.4 is 5.73 Å². The highest BCUT2D eigenvalue weighted by molar-refractivity contribution is 5.72.